The van der Waals surface area contributed by atoms with E-state index >= 15 is 0 Å². The van der Waals surface area contributed by atoms with E-state index in [2.05, 4.69) is 12.2 Å². The second kappa shape index (κ2) is 8.31. The second-order valence-electron chi connectivity index (χ2n) is 4.94. The molecule has 2 heterocycles. The summed E-state index contributed by atoms with van der Waals surface area (Å²) < 4.78 is 0. The van der Waals surface area contributed by atoms with Gasteiger partial charge < -0.3 is 10.2 Å². The predicted octanol–water partition coefficient (Wildman–Crippen LogP) is 2.54. The van der Waals surface area contributed by atoms with Crippen LogP contribution in [0.15, 0.2) is 12.1 Å². The summed E-state index contributed by atoms with van der Waals surface area (Å²) in [4.78, 5) is 24.7. The van der Waals surface area contributed by atoms with Crippen LogP contribution in [0, 0.1) is 16.0 Å². The lowest BCUT2D eigenvalue weighted by Gasteiger charge is -2.31. The molecule has 1 N–H and O–H groups in total. The van der Waals surface area contributed by atoms with Gasteiger partial charge in [0.1, 0.15) is 0 Å². The normalized spacial score (nSPS) is 15.6. The zero-order valence-corrected chi connectivity index (χ0v) is 13.5. The maximum atomic E-state index is 12.3. The van der Waals surface area contributed by atoms with Gasteiger partial charge in [-0.2, -0.15) is 0 Å². The third-order valence-corrected chi connectivity index (χ3v) is 4.59. The SMILES string of the molecule is CCNCC1CCN(C(=O)c2ccc([N+](=O)[O-])s2)CC1.Cl. The van der Waals surface area contributed by atoms with Crippen molar-refractivity contribution >= 4 is 34.7 Å². The standard InChI is InChI=1S/C13H19N3O3S.ClH/c1-2-14-9-10-5-7-15(8-6-10)13(17)11-3-4-12(20-11)16(18)19;/h3-4,10,14H,2,5-9H2,1H3;1H. The molecule has 0 bridgehead atoms. The fourth-order valence-corrected chi connectivity index (χ4v) is 3.17. The van der Waals surface area contributed by atoms with Crippen LogP contribution in [0.4, 0.5) is 5.00 Å². The highest BCUT2D eigenvalue weighted by Gasteiger charge is 2.25. The molecule has 118 valence electrons. The number of rotatable bonds is 5. The van der Waals surface area contributed by atoms with E-state index in [1.54, 1.807) is 11.0 Å². The first kappa shape index (κ1) is 17.9. The Morgan fingerprint density at radius 2 is 2.14 bits per heavy atom. The van der Waals surface area contributed by atoms with E-state index in [1.165, 1.54) is 6.07 Å². The molecule has 1 saturated heterocycles. The van der Waals surface area contributed by atoms with Crippen molar-refractivity contribution in [2.45, 2.75) is 19.8 Å². The molecule has 8 heteroatoms. The molecule has 0 atom stereocenters. The molecule has 1 fully saturated rings. The maximum absolute atomic E-state index is 12.3. The molecule has 0 aromatic carbocycles. The fraction of sp³-hybridized carbons (Fsp3) is 0.615. The highest BCUT2D eigenvalue weighted by atomic mass is 35.5. The Kier molecular flexibility index (Phi) is 7.07. The van der Waals surface area contributed by atoms with Crippen molar-refractivity contribution in [1.82, 2.24) is 10.2 Å². The Hall–Kier alpha value is -1.18. The van der Waals surface area contributed by atoms with Gasteiger partial charge in [0.25, 0.3) is 5.91 Å². The van der Waals surface area contributed by atoms with Crippen LogP contribution >= 0.6 is 23.7 Å². The largest absolute Gasteiger partial charge is 0.338 e. The van der Waals surface area contributed by atoms with Crippen LogP contribution in [0.2, 0.25) is 0 Å². The van der Waals surface area contributed by atoms with E-state index in [9.17, 15) is 14.9 Å². The third-order valence-electron chi connectivity index (χ3n) is 3.57. The van der Waals surface area contributed by atoms with E-state index in [4.69, 9.17) is 0 Å². The molecule has 1 aromatic rings. The average molecular weight is 334 g/mol. The van der Waals surface area contributed by atoms with Gasteiger partial charge in [-0.25, -0.2) is 0 Å². The zero-order valence-electron chi connectivity index (χ0n) is 11.9. The number of nitro groups is 1. The number of carbonyl (C=O) groups is 1. The quantitative estimate of drug-likeness (QED) is 0.663. The van der Waals surface area contributed by atoms with Crippen LogP contribution in [0.5, 0.6) is 0 Å². The second-order valence-corrected chi connectivity index (χ2v) is 6.00. The summed E-state index contributed by atoms with van der Waals surface area (Å²) in [5.41, 5.74) is 0. The van der Waals surface area contributed by atoms with E-state index in [0.29, 0.717) is 10.8 Å². The van der Waals surface area contributed by atoms with Crippen LogP contribution < -0.4 is 5.32 Å². The number of halogens is 1. The predicted molar refractivity (Wildman–Crippen MR) is 85.4 cm³/mol. The summed E-state index contributed by atoms with van der Waals surface area (Å²) >= 11 is 0.955. The first-order valence-electron chi connectivity index (χ1n) is 6.86. The van der Waals surface area contributed by atoms with Gasteiger partial charge in [0.15, 0.2) is 0 Å². The molecule has 6 nitrogen and oxygen atoms in total. The summed E-state index contributed by atoms with van der Waals surface area (Å²) in [6, 6.07) is 2.95. The minimum absolute atomic E-state index is 0. The lowest BCUT2D eigenvalue weighted by atomic mass is 9.96. The molecule has 1 amide bonds. The number of piperidine rings is 1. The van der Waals surface area contributed by atoms with E-state index < -0.39 is 4.92 Å². The first-order valence-corrected chi connectivity index (χ1v) is 7.67. The molecule has 1 aliphatic heterocycles. The van der Waals surface area contributed by atoms with Crippen molar-refractivity contribution in [2.24, 2.45) is 5.92 Å². The molecule has 0 saturated carbocycles. The number of nitrogens with zero attached hydrogens (tertiary/aromatic N) is 2. The minimum atomic E-state index is -0.454. The molecule has 0 unspecified atom stereocenters. The lowest BCUT2D eigenvalue weighted by Crippen LogP contribution is -2.40. The fourth-order valence-electron chi connectivity index (χ4n) is 2.39. The van der Waals surface area contributed by atoms with Crippen molar-refractivity contribution in [3.63, 3.8) is 0 Å². The summed E-state index contributed by atoms with van der Waals surface area (Å²) in [6.07, 6.45) is 1.98. The lowest BCUT2D eigenvalue weighted by molar-refractivity contribution is -0.380. The maximum Gasteiger partial charge on any atom is 0.324 e. The van der Waals surface area contributed by atoms with Gasteiger partial charge in [0.2, 0.25) is 0 Å². The van der Waals surface area contributed by atoms with Crippen LogP contribution in [0.25, 0.3) is 0 Å². The molecule has 0 radical (unpaired) electrons. The molecule has 0 spiro atoms. The topological polar surface area (TPSA) is 75.5 Å². The molecule has 0 aliphatic carbocycles. The van der Waals surface area contributed by atoms with Gasteiger partial charge in [-0.15, -0.1) is 12.4 Å². The Morgan fingerprint density at radius 1 is 1.48 bits per heavy atom. The summed E-state index contributed by atoms with van der Waals surface area (Å²) in [5, 5.41) is 14.0. The zero-order chi connectivity index (χ0) is 14.5. The van der Waals surface area contributed by atoms with Gasteiger partial charge in [-0.1, -0.05) is 18.3 Å². The Bertz CT molecular complexity index is 487. The molecular formula is C13H20ClN3O3S. The summed E-state index contributed by atoms with van der Waals surface area (Å²) in [5.74, 6) is 0.543. The molecule has 2 rings (SSSR count). The average Bonchev–Trinajstić information content (AvgIpc) is 2.95. The van der Waals surface area contributed by atoms with Crippen molar-refractivity contribution in [2.75, 3.05) is 26.2 Å². The number of thiophene rings is 1. The Morgan fingerprint density at radius 3 is 2.67 bits per heavy atom. The van der Waals surface area contributed by atoms with E-state index in [0.717, 1.165) is 50.4 Å². The van der Waals surface area contributed by atoms with Crippen molar-refractivity contribution < 1.29 is 9.72 Å². The van der Waals surface area contributed by atoms with Crippen molar-refractivity contribution in [1.29, 1.82) is 0 Å². The van der Waals surface area contributed by atoms with E-state index in [1.807, 2.05) is 0 Å². The molecule has 1 aromatic heterocycles. The van der Waals surface area contributed by atoms with Gasteiger partial charge in [-0.05, 0) is 37.9 Å². The van der Waals surface area contributed by atoms with Gasteiger partial charge in [0.05, 0.1) is 9.80 Å². The molecule has 21 heavy (non-hydrogen) atoms. The number of hydrogen-bond acceptors (Lipinski definition) is 5. The van der Waals surface area contributed by atoms with Crippen LogP contribution in [-0.4, -0.2) is 41.9 Å². The Balaban J connectivity index is 0.00000220. The molecule has 1 aliphatic rings. The molecular weight excluding hydrogens is 314 g/mol. The third kappa shape index (κ3) is 4.66. The minimum Gasteiger partial charge on any atom is -0.338 e. The van der Waals surface area contributed by atoms with E-state index in [-0.39, 0.29) is 23.3 Å². The number of nitrogens with one attached hydrogen (secondary N) is 1. The van der Waals surface area contributed by atoms with Gasteiger partial charge in [-0.3, -0.25) is 14.9 Å². The van der Waals surface area contributed by atoms with Crippen molar-refractivity contribution in [3.05, 3.63) is 27.1 Å². The van der Waals surface area contributed by atoms with Crippen molar-refractivity contribution in [3.8, 4) is 0 Å². The van der Waals surface area contributed by atoms with Crippen LogP contribution in [0.3, 0.4) is 0 Å². The summed E-state index contributed by atoms with van der Waals surface area (Å²) in [7, 11) is 0. The van der Waals surface area contributed by atoms with Gasteiger partial charge >= 0.3 is 5.00 Å². The first-order chi connectivity index (χ1) is 9.61. The number of hydrogen-bond donors (Lipinski definition) is 1. The summed E-state index contributed by atoms with van der Waals surface area (Å²) in [6.45, 7) is 5.53. The Labute approximate surface area is 134 Å². The highest BCUT2D eigenvalue weighted by Crippen LogP contribution is 2.26. The highest BCUT2D eigenvalue weighted by molar-refractivity contribution is 7.17. The number of amides is 1. The number of carbonyl (C=O) groups excluding carboxylic acids is 1. The number of likely N-dealkylation sites (tertiary alicyclic amines) is 1. The van der Waals surface area contributed by atoms with Crippen LogP contribution in [-0.2, 0) is 0 Å². The van der Waals surface area contributed by atoms with Gasteiger partial charge in [0, 0.05) is 19.2 Å². The van der Waals surface area contributed by atoms with Crippen LogP contribution in [0.1, 0.15) is 29.4 Å². The monoisotopic (exact) mass is 333 g/mol. The smallest absolute Gasteiger partial charge is 0.324 e.